The Hall–Kier alpha value is -2.21. The number of fused-ring (bicyclic) bond motifs is 3. The normalized spacial score (nSPS) is 20.9. The van der Waals surface area contributed by atoms with E-state index in [4.69, 9.17) is 9.47 Å². The van der Waals surface area contributed by atoms with Crippen LogP contribution in [0.3, 0.4) is 0 Å². The Balaban J connectivity index is 1.64. The molecule has 1 aliphatic carbocycles. The van der Waals surface area contributed by atoms with Crippen LogP contribution in [0.2, 0.25) is 0 Å². The average Bonchev–Trinajstić information content (AvgIpc) is 3.01. The highest BCUT2D eigenvalue weighted by Crippen LogP contribution is 2.43. The minimum Gasteiger partial charge on any atom is -0.490 e. The van der Waals surface area contributed by atoms with Crippen LogP contribution < -0.4 is 20.1 Å². The first kappa shape index (κ1) is 18.2. The van der Waals surface area contributed by atoms with Crippen molar-refractivity contribution in [3.05, 3.63) is 39.8 Å². The summed E-state index contributed by atoms with van der Waals surface area (Å²) < 4.78 is 11.4. The summed E-state index contributed by atoms with van der Waals surface area (Å²) in [6.45, 7) is 7.33. The van der Waals surface area contributed by atoms with E-state index in [0.29, 0.717) is 24.9 Å². The lowest BCUT2D eigenvalue weighted by molar-refractivity contribution is 0.0935. The standard InChI is InChI=1S/C21H26N2O3S/c1-4-25-15-9-7-13(11-16(15)26-5-2)19-22-20(24)18-14-8-6-12(3)10-17(14)27-21(18)23-19/h7,9,11-12,19,23H,4-6,8,10H2,1-3H3,(H,22,24)/t12-,19+/m0/s1. The van der Waals surface area contributed by atoms with E-state index >= 15 is 0 Å². The van der Waals surface area contributed by atoms with Crippen LogP contribution in [0.1, 0.15) is 59.7 Å². The van der Waals surface area contributed by atoms with Gasteiger partial charge in [-0.25, -0.2) is 0 Å². The van der Waals surface area contributed by atoms with Gasteiger partial charge in [0.25, 0.3) is 5.91 Å². The Bertz CT molecular complexity index is 861. The Morgan fingerprint density at radius 2 is 1.93 bits per heavy atom. The molecule has 144 valence electrons. The van der Waals surface area contributed by atoms with Crippen molar-refractivity contribution in [2.75, 3.05) is 18.5 Å². The van der Waals surface area contributed by atoms with E-state index in [9.17, 15) is 4.79 Å². The molecule has 5 nitrogen and oxygen atoms in total. The average molecular weight is 387 g/mol. The number of amides is 1. The molecule has 2 aromatic rings. The lowest BCUT2D eigenvalue weighted by atomic mass is 9.88. The minimum absolute atomic E-state index is 0.0210. The molecule has 0 radical (unpaired) electrons. The number of thiophene rings is 1. The van der Waals surface area contributed by atoms with Crippen LogP contribution in [0.4, 0.5) is 5.00 Å². The van der Waals surface area contributed by atoms with Crippen molar-refractivity contribution >= 4 is 22.2 Å². The molecular weight excluding hydrogens is 360 g/mol. The van der Waals surface area contributed by atoms with Crippen LogP contribution in [0, 0.1) is 5.92 Å². The van der Waals surface area contributed by atoms with E-state index < -0.39 is 0 Å². The predicted molar refractivity (Wildman–Crippen MR) is 108 cm³/mol. The molecule has 6 heteroatoms. The largest absolute Gasteiger partial charge is 0.490 e. The summed E-state index contributed by atoms with van der Waals surface area (Å²) in [7, 11) is 0. The number of hydrogen-bond donors (Lipinski definition) is 2. The quantitative estimate of drug-likeness (QED) is 0.793. The van der Waals surface area contributed by atoms with Crippen molar-refractivity contribution in [3.8, 4) is 11.5 Å². The smallest absolute Gasteiger partial charge is 0.256 e. The summed E-state index contributed by atoms with van der Waals surface area (Å²) in [6, 6.07) is 5.84. The van der Waals surface area contributed by atoms with E-state index in [-0.39, 0.29) is 12.1 Å². The lowest BCUT2D eigenvalue weighted by Gasteiger charge is -2.27. The molecule has 27 heavy (non-hydrogen) atoms. The van der Waals surface area contributed by atoms with Crippen LogP contribution in [-0.2, 0) is 12.8 Å². The number of nitrogens with one attached hydrogen (secondary N) is 2. The first-order valence-corrected chi connectivity index (χ1v) is 10.5. The van der Waals surface area contributed by atoms with E-state index in [1.165, 1.54) is 10.4 Å². The molecule has 0 saturated heterocycles. The van der Waals surface area contributed by atoms with Crippen LogP contribution in [0.15, 0.2) is 18.2 Å². The highest BCUT2D eigenvalue weighted by Gasteiger charge is 2.33. The molecule has 0 spiro atoms. The maximum absolute atomic E-state index is 12.9. The molecule has 0 fully saturated rings. The summed E-state index contributed by atoms with van der Waals surface area (Å²) in [5.41, 5.74) is 3.06. The molecule has 0 saturated carbocycles. The number of carbonyl (C=O) groups is 1. The minimum atomic E-state index is -0.266. The Morgan fingerprint density at radius 3 is 2.70 bits per heavy atom. The zero-order valence-corrected chi connectivity index (χ0v) is 16.9. The summed E-state index contributed by atoms with van der Waals surface area (Å²) in [5, 5.41) is 7.64. The lowest BCUT2D eigenvalue weighted by Crippen LogP contribution is -2.38. The molecule has 4 rings (SSSR count). The number of anilines is 1. The third-order valence-electron chi connectivity index (χ3n) is 5.19. The van der Waals surface area contributed by atoms with E-state index in [1.807, 2.05) is 32.0 Å². The topological polar surface area (TPSA) is 59.6 Å². The summed E-state index contributed by atoms with van der Waals surface area (Å²) >= 11 is 1.74. The number of benzene rings is 1. The van der Waals surface area contributed by atoms with Gasteiger partial charge in [-0.2, -0.15) is 0 Å². The number of ether oxygens (including phenoxy) is 2. The molecule has 2 atom stereocenters. The number of hydrogen-bond acceptors (Lipinski definition) is 5. The van der Waals surface area contributed by atoms with Gasteiger partial charge in [0.1, 0.15) is 11.2 Å². The first-order valence-electron chi connectivity index (χ1n) is 9.72. The van der Waals surface area contributed by atoms with Crippen molar-refractivity contribution in [3.63, 3.8) is 0 Å². The van der Waals surface area contributed by atoms with Gasteiger partial charge in [0.05, 0.1) is 18.8 Å². The fraction of sp³-hybridized carbons (Fsp3) is 0.476. The Labute approximate surface area is 164 Å². The van der Waals surface area contributed by atoms with E-state index in [2.05, 4.69) is 17.6 Å². The highest BCUT2D eigenvalue weighted by atomic mass is 32.1. The molecular formula is C21H26N2O3S. The second-order valence-corrected chi connectivity index (χ2v) is 8.28. The van der Waals surface area contributed by atoms with Crippen molar-refractivity contribution in [1.29, 1.82) is 0 Å². The second kappa shape index (κ2) is 7.43. The zero-order chi connectivity index (χ0) is 19.0. The Morgan fingerprint density at radius 1 is 1.15 bits per heavy atom. The van der Waals surface area contributed by atoms with Crippen molar-refractivity contribution in [2.45, 2.75) is 46.2 Å². The third-order valence-corrected chi connectivity index (χ3v) is 6.38. The van der Waals surface area contributed by atoms with Gasteiger partial charge in [-0.05, 0) is 62.3 Å². The molecule has 0 unspecified atom stereocenters. The van der Waals surface area contributed by atoms with Crippen LogP contribution in [0.5, 0.6) is 11.5 Å². The van der Waals surface area contributed by atoms with Gasteiger partial charge in [-0.3, -0.25) is 4.79 Å². The van der Waals surface area contributed by atoms with E-state index in [1.54, 1.807) is 11.3 Å². The molecule has 2 aliphatic rings. The number of rotatable bonds is 5. The maximum atomic E-state index is 12.9. The molecule has 1 aliphatic heterocycles. The number of carbonyl (C=O) groups excluding carboxylic acids is 1. The molecule has 1 amide bonds. The van der Waals surface area contributed by atoms with Crippen molar-refractivity contribution in [1.82, 2.24) is 5.32 Å². The van der Waals surface area contributed by atoms with Crippen LogP contribution in [-0.4, -0.2) is 19.1 Å². The summed E-state index contributed by atoms with van der Waals surface area (Å²) in [5.74, 6) is 2.15. The van der Waals surface area contributed by atoms with E-state index in [0.717, 1.165) is 41.1 Å². The van der Waals surface area contributed by atoms with Crippen LogP contribution in [0.25, 0.3) is 0 Å². The Kier molecular flexibility index (Phi) is 5.00. The third kappa shape index (κ3) is 3.38. The monoisotopic (exact) mass is 386 g/mol. The maximum Gasteiger partial charge on any atom is 0.256 e. The van der Waals surface area contributed by atoms with Gasteiger partial charge in [0.15, 0.2) is 11.5 Å². The first-order chi connectivity index (χ1) is 13.1. The molecule has 0 bridgehead atoms. The van der Waals surface area contributed by atoms with Gasteiger partial charge < -0.3 is 20.1 Å². The highest BCUT2D eigenvalue weighted by molar-refractivity contribution is 7.16. The summed E-state index contributed by atoms with van der Waals surface area (Å²) in [4.78, 5) is 14.2. The van der Waals surface area contributed by atoms with Crippen molar-refractivity contribution < 1.29 is 14.3 Å². The van der Waals surface area contributed by atoms with Gasteiger partial charge >= 0.3 is 0 Å². The fourth-order valence-corrected chi connectivity index (χ4v) is 5.31. The molecule has 1 aromatic carbocycles. The van der Waals surface area contributed by atoms with Crippen LogP contribution >= 0.6 is 11.3 Å². The van der Waals surface area contributed by atoms with Crippen molar-refractivity contribution in [2.24, 2.45) is 5.92 Å². The van der Waals surface area contributed by atoms with Gasteiger partial charge in [0.2, 0.25) is 0 Å². The fourth-order valence-electron chi connectivity index (χ4n) is 3.88. The predicted octanol–water partition coefficient (Wildman–Crippen LogP) is 4.52. The second-order valence-electron chi connectivity index (χ2n) is 7.18. The SMILES string of the molecule is CCOc1ccc([C@@H]2NC(=O)c3c(sc4c3CC[C@H](C)C4)N2)cc1OCC. The van der Waals surface area contributed by atoms with Gasteiger partial charge in [-0.15, -0.1) is 11.3 Å². The molecule has 2 heterocycles. The van der Waals surface area contributed by atoms with Gasteiger partial charge in [0, 0.05) is 4.88 Å². The molecule has 2 N–H and O–H groups in total. The zero-order valence-electron chi connectivity index (χ0n) is 16.1. The van der Waals surface area contributed by atoms with Gasteiger partial charge in [-0.1, -0.05) is 13.0 Å². The summed E-state index contributed by atoms with van der Waals surface area (Å²) in [6.07, 6.45) is 2.96. The molecule has 1 aromatic heterocycles.